The van der Waals surface area contributed by atoms with E-state index in [0.29, 0.717) is 30.3 Å². The van der Waals surface area contributed by atoms with Crippen LogP contribution in [0.15, 0.2) is 48.5 Å². The highest BCUT2D eigenvalue weighted by Crippen LogP contribution is 2.22. The second-order valence-electron chi connectivity index (χ2n) is 7.26. The lowest BCUT2D eigenvalue weighted by atomic mass is 10.1. The standard InChI is InChI=1S/C21H26ClNO5S/c1-27-21-4-2-3-16(11-21)12-23(18-9-10-29(25,26)15-18)13-19(24)14-28-20-7-5-17(22)6-8-20/h2-8,11,18-19,24H,9-10,12-15H2,1H3/t18-,19-/m0/s1. The van der Waals surface area contributed by atoms with Gasteiger partial charge in [0.25, 0.3) is 0 Å². The maximum atomic E-state index is 12.0. The van der Waals surface area contributed by atoms with Gasteiger partial charge < -0.3 is 14.6 Å². The molecule has 6 nitrogen and oxygen atoms in total. The molecule has 0 aliphatic carbocycles. The Morgan fingerprint density at radius 3 is 2.62 bits per heavy atom. The number of hydrogen-bond donors (Lipinski definition) is 1. The first-order valence-electron chi connectivity index (χ1n) is 9.48. The molecular weight excluding hydrogens is 414 g/mol. The van der Waals surface area contributed by atoms with E-state index in [1.807, 2.05) is 29.2 Å². The summed E-state index contributed by atoms with van der Waals surface area (Å²) in [6, 6.07) is 14.5. The highest BCUT2D eigenvalue weighted by molar-refractivity contribution is 7.91. The van der Waals surface area contributed by atoms with Crippen LogP contribution in [0.3, 0.4) is 0 Å². The monoisotopic (exact) mass is 439 g/mol. The van der Waals surface area contributed by atoms with Crippen molar-refractivity contribution in [1.29, 1.82) is 0 Å². The molecular formula is C21H26ClNO5S. The molecule has 0 spiro atoms. The van der Waals surface area contributed by atoms with Crippen LogP contribution in [0.2, 0.25) is 5.02 Å². The average Bonchev–Trinajstić information content (AvgIpc) is 3.07. The molecule has 1 saturated heterocycles. The molecule has 2 aromatic carbocycles. The molecule has 0 aromatic heterocycles. The van der Waals surface area contributed by atoms with Crippen molar-refractivity contribution in [1.82, 2.24) is 4.90 Å². The molecule has 2 aromatic rings. The van der Waals surface area contributed by atoms with Crippen molar-refractivity contribution < 1.29 is 23.0 Å². The molecule has 1 aliphatic rings. The average molecular weight is 440 g/mol. The topological polar surface area (TPSA) is 76.1 Å². The summed E-state index contributed by atoms with van der Waals surface area (Å²) in [7, 11) is -1.42. The van der Waals surface area contributed by atoms with Crippen molar-refractivity contribution in [2.24, 2.45) is 0 Å². The van der Waals surface area contributed by atoms with E-state index in [9.17, 15) is 13.5 Å². The van der Waals surface area contributed by atoms with E-state index in [4.69, 9.17) is 21.1 Å². The van der Waals surface area contributed by atoms with Crippen LogP contribution in [0.1, 0.15) is 12.0 Å². The van der Waals surface area contributed by atoms with Gasteiger partial charge in [0.15, 0.2) is 9.84 Å². The summed E-state index contributed by atoms with van der Waals surface area (Å²) in [6.07, 6.45) is -0.198. The predicted molar refractivity (Wildman–Crippen MR) is 113 cm³/mol. The van der Waals surface area contributed by atoms with Gasteiger partial charge in [-0.05, 0) is 48.4 Å². The molecule has 1 N–H and O–H groups in total. The second-order valence-corrected chi connectivity index (χ2v) is 9.92. The molecule has 0 bridgehead atoms. The summed E-state index contributed by atoms with van der Waals surface area (Å²) in [5, 5.41) is 11.2. The number of rotatable bonds is 9. The Morgan fingerprint density at radius 1 is 1.21 bits per heavy atom. The van der Waals surface area contributed by atoms with Gasteiger partial charge in [-0.25, -0.2) is 8.42 Å². The first-order valence-corrected chi connectivity index (χ1v) is 11.7. The largest absolute Gasteiger partial charge is 0.497 e. The van der Waals surface area contributed by atoms with Gasteiger partial charge >= 0.3 is 0 Å². The fourth-order valence-electron chi connectivity index (χ4n) is 3.46. The Labute approximate surface area is 176 Å². The van der Waals surface area contributed by atoms with Crippen LogP contribution in [-0.2, 0) is 16.4 Å². The molecule has 3 rings (SSSR count). The van der Waals surface area contributed by atoms with Crippen LogP contribution >= 0.6 is 11.6 Å². The number of aliphatic hydroxyl groups excluding tert-OH is 1. The number of hydrogen-bond acceptors (Lipinski definition) is 6. The van der Waals surface area contributed by atoms with Crippen LogP contribution in [-0.4, -0.2) is 62.3 Å². The summed E-state index contributed by atoms with van der Waals surface area (Å²) in [5.74, 6) is 1.66. The third-order valence-corrected chi connectivity index (χ3v) is 6.95. The Hall–Kier alpha value is -1.80. The van der Waals surface area contributed by atoms with Gasteiger partial charge in [0.1, 0.15) is 24.2 Å². The van der Waals surface area contributed by atoms with E-state index in [1.165, 1.54) is 0 Å². The molecule has 1 aliphatic heterocycles. The van der Waals surface area contributed by atoms with Crippen molar-refractivity contribution in [3.05, 3.63) is 59.1 Å². The summed E-state index contributed by atoms with van der Waals surface area (Å²) < 4.78 is 34.9. The maximum Gasteiger partial charge on any atom is 0.151 e. The summed E-state index contributed by atoms with van der Waals surface area (Å²) in [4.78, 5) is 2.02. The van der Waals surface area contributed by atoms with Gasteiger partial charge in [-0.3, -0.25) is 4.90 Å². The fraction of sp³-hybridized carbons (Fsp3) is 0.429. The molecule has 158 valence electrons. The van der Waals surface area contributed by atoms with Gasteiger partial charge in [-0.15, -0.1) is 0 Å². The number of aliphatic hydroxyl groups is 1. The number of ether oxygens (including phenoxy) is 2. The first-order chi connectivity index (χ1) is 13.8. The Bertz CT molecular complexity index is 904. The van der Waals surface area contributed by atoms with E-state index in [-0.39, 0.29) is 24.2 Å². The van der Waals surface area contributed by atoms with Gasteiger partial charge in [0.05, 0.1) is 18.6 Å². The van der Waals surface area contributed by atoms with Gasteiger partial charge in [0.2, 0.25) is 0 Å². The maximum absolute atomic E-state index is 12.0. The highest BCUT2D eigenvalue weighted by Gasteiger charge is 2.33. The van der Waals surface area contributed by atoms with Crippen molar-refractivity contribution in [2.45, 2.75) is 25.1 Å². The van der Waals surface area contributed by atoms with Gasteiger partial charge in [-0.2, -0.15) is 0 Å². The molecule has 0 unspecified atom stereocenters. The number of halogens is 1. The third kappa shape index (κ3) is 6.60. The Morgan fingerprint density at radius 2 is 1.97 bits per heavy atom. The van der Waals surface area contributed by atoms with Crippen molar-refractivity contribution in [3.63, 3.8) is 0 Å². The SMILES string of the molecule is COc1cccc(CN(C[C@H](O)COc2ccc(Cl)cc2)[C@H]2CCS(=O)(=O)C2)c1. The molecule has 8 heteroatoms. The molecule has 1 heterocycles. The number of sulfone groups is 1. The number of nitrogens with zero attached hydrogens (tertiary/aromatic N) is 1. The lowest BCUT2D eigenvalue weighted by Crippen LogP contribution is -2.42. The summed E-state index contributed by atoms with van der Waals surface area (Å²) in [6.45, 7) is 0.941. The quantitative estimate of drug-likeness (QED) is 0.647. The molecule has 29 heavy (non-hydrogen) atoms. The minimum atomic E-state index is -3.03. The summed E-state index contributed by atoms with van der Waals surface area (Å²) in [5.41, 5.74) is 1.000. The van der Waals surface area contributed by atoms with Gasteiger partial charge in [0, 0.05) is 24.2 Å². The highest BCUT2D eigenvalue weighted by atomic mass is 35.5. The van der Waals surface area contributed by atoms with E-state index >= 15 is 0 Å². The van der Waals surface area contributed by atoms with E-state index in [2.05, 4.69) is 0 Å². The van der Waals surface area contributed by atoms with Crippen LogP contribution in [0.5, 0.6) is 11.5 Å². The van der Waals surface area contributed by atoms with E-state index < -0.39 is 15.9 Å². The minimum absolute atomic E-state index is 0.107. The summed E-state index contributed by atoms with van der Waals surface area (Å²) >= 11 is 5.87. The lowest BCUT2D eigenvalue weighted by Gasteiger charge is -2.30. The van der Waals surface area contributed by atoms with Crippen LogP contribution in [0.4, 0.5) is 0 Å². The molecule has 0 amide bonds. The van der Waals surface area contributed by atoms with Gasteiger partial charge in [-0.1, -0.05) is 23.7 Å². The zero-order valence-corrected chi connectivity index (χ0v) is 17.9. The molecule has 1 fully saturated rings. The number of benzene rings is 2. The van der Waals surface area contributed by atoms with Crippen LogP contribution < -0.4 is 9.47 Å². The Balaban J connectivity index is 1.66. The normalized spacial score (nSPS) is 19.2. The van der Waals surface area contributed by atoms with Crippen molar-refractivity contribution in [2.75, 3.05) is 31.8 Å². The van der Waals surface area contributed by atoms with Crippen molar-refractivity contribution in [3.8, 4) is 11.5 Å². The van der Waals surface area contributed by atoms with E-state index in [1.54, 1.807) is 31.4 Å². The van der Waals surface area contributed by atoms with Crippen LogP contribution in [0.25, 0.3) is 0 Å². The molecule has 2 atom stereocenters. The Kier molecular flexibility index (Phi) is 7.40. The van der Waals surface area contributed by atoms with Crippen molar-refractivity contribution >= 4 is 21.4 Å². The fourth-order valence-corrected chi connectivity index (χ4v) is 5.35. The zero-order chi connectivity index (χ0) is 20.9. The zero-order valence-electron chi connectivity index (χ0n) is 16.3. The smallest absolute Gasteiger partial charge is 0.151 e. The van der Waals surface area contributed by atoms with E-state index in [0.717, 1.165) is 11.3 Å². The third-order valence-electron chi connectivity index (χ3n) is 4.95. The second kappa shape index (κ2) is 9.80. The number of methoxy groups -OCH3 is 1. The molecule has 0 saturated carbocycles. The first kappa shape index (κ1) is 21.9. The lowest BCUT2D eigenvalue weighted by molar-refractivity contribution is 0.0524. The van der Waals surface area contributed by atoms with Crippen LogP contribution in [0, 0.1) is 0 Å². The molecule has 0 radical (unpaired) electrons. The minimum Gasteiger partial charge on any atom is -0.497 e. The predicted octanol–water partition coefficient (Wildman–Crippen LogP) is 2.78.